The fraction of sp³-hybridized carbons (Fsp3) is 0.750. The minimum Gasteiger partial charge on any atom is -0.372 e. The van der Waals surface area contributed by atoms with Gasteiger partial charge in [0.1, 0.15) is 5.84 Å². The highest BCUT2D eigenvalue weighted by molar-refractivity contribution is 5.85. The first-order chi connectivity index (χ1) is 3.39. The van der Waals surface area contributed by atoms with Crippen molar-refractivity contribution in [1.82, 2.24) is 10.6 Å². The second kappa shape index (κ2) is 3.69. The molecule has 0 spiro atoms. The minimum atomic E-state index is 0. The van der Waals surface area contributed by atoms with E-state index in [1.54, 1.807) is 0 Å². The van der Waals surface area contributed by atoms with E-state index in [0.717, 1.165) is 13.1 Å². The van der Waals surface area contributed by atoms with Crippen LogP contribution in [0.4, 0.5) is 0 Å². The molecule has 4 heteroatoms. The number of nitrogens with one attached hydrogen (secondary N) is 3. The molecule has 1 fully saturated rings. The molecule has 8 heavy (non-hydrogen) atoms. The average molecular weight is 136 g/mol. The summed E-state index contributed by atoms with van der Waals surface area (Å²) in [5, 5.41) is 13.0. The molecule has 0 aromatic heterocycles. The predicted molar refractivity (Wildman–Crippen MR) is 35.8 cm³/mol. The van der Waals surface area contributed by atoms with Gasteiger partial charge in [-0.15, -0.1) is 12.4 Å². The lowest BCUT2D eigenvalue weighted by molar-refractivity contribution is 0.671. The normalized spacial score (nSPS) is 18.8. The van der Waals surface area contributed by atoms with Gasteiger partial charge in [0.25, 0.3) is 0 Å². The van der Waals surface area contributed by atoms with Gasteiger partial charge in [-0.1, -0.05) is 0 Å². The Morgan fingerprint density at radius 1 is 1.38 bits per heavy atom. The minimum absolute atomic E-state index is 0. The fourth-order valence-corrected chi connectivity index (χ4v) is 0.578. The Morgan fingerprint density at radius 3 is 2.38 bits per heavy atom. The van der Waals surface area contributed by atoms with Crippen molar-refractivity contribution >= 4 is 18.2 Å². The predicted octanol–water partition coefficient (Wildman–Crippen LogP) is -0.422. The molecule has 0 aromatic rings. The number of hydrogen-bond donors (Lipinski definition) is 3. The molecule has 48 valence electrons. The van der Waals surface area contributed by atoms with Gasteiger partial charge in [-0.05, 0) is 0 Å². The van der Waals surface area contributed by atoms with Crippen LogP contribution in [0.3, 0.4) is 0 Å². The molecular formula is C4H10ClN3. The lowest BCUT2D eigenvalue weighted by atomic mass is 10.4. The summed E-state index contributed by atoms with van der Waals surface area (Å²) in [4.78, 5) is 0. The lowest BCUT2D eigenvalue weighted by Crippen LogP contribution is -2.44. The van der Waals surface area contributed by atoms with Gasteiger partial charge in [0.2, 0.25) is 0 Å². The van der Waals surface area contributed by atoms with Crippen LogP contribution < -0.4 is 10.6 Å². The highest BCUT2D eigenvalue weighted by atomic mass is 35.5. The summed E-state index contributed by atoms with van der Waals surface area (Å²) in [5.41, 5.74) is 0. The molecule has 3 nitrogen and oxygen atoms in total. The summed E-state index contributed by atoms with van der Waals surface area (Å²) in [5.74, 6) is 0.603. The van der Waals surface area contributed by atoms with E-state index >= 15 is 0 Å². The van der Waals surface area contributed by atoms with Crippen molar-refractivity contribution < 1.29 is 0 Å². The Hall–Kier alpha value is -0.280. The van der Waals surface area contributed by atoms with Crippen molar-refractivity contribution in [3.8, 4) is 0 Å². The van der Waals surface area contributed by atoms with Crippen LogP contribution in [0.1, 0.15) is 0 Å². The maximum atomic E-state index is 7.02. The van der Waals surface area contributed by atoms with Crippen LogP contribution in [0.25, 0.3) is 0 Å². The first kappa shape index (κ1) is 7.72. The van der Waals surface area contributed by atoms with Gasteiger partial charge < -0.3 is 10.6 Å². The standard InChI is InChI=1S/C4H9N3.ClH/c5-4-3-6-1-2-7-4;/h6H,1-3H2,(H2,5,7);1H. The molecule has 1 aliphatic rings. The smallest absolute Gasteiger partial charge is 0.107 e. The summed E-state index contributed by atoms with van der Waals surface area (Å²) < 4.78 is 0. The molecule has 0 unspecified atom stereocenters. The second-order valence-electron chi connectivity index (χ2n) is 1.58. The van der Waals surface area contributed by atoms with E-state index in [9.17, 15) is 0 Å². The quantitative estimate of drug-likeness (QED) is 0.423. The van der Waals surface area contributed by atoms with Crippen LogP contribution in [-0.2, 0) is 0 Å². The Labute approximate surface area is 54.8 Å². The van der Waals surface area contributed by atoms with Crippen LogP contribution in [0.2, 0.25) is 0 Å². The third-order valence-electron chi connectivity index (χ3n) is 0.942. The average Bonchev–Trinajstić information content (AvgIpc) is 1.69. The van der Waals surface area contributed by atoms with E-state index in [1.807, 2.05) is 0 Å². The van der Waals surface area contributed by atoms with Gasteiger partial charge in [0.15, 0.2) is 0 Å². The third kappa shape index (κ3) is 2.14. The second-order valence-corrected chi connectivity index (χ2v) is 1.58. The highest BCUT2D eigenvalue weighted by Crippen LogP contribution is 1.70. The van der Waals surface area contributed by atoms with Crippen molar-refractivity contribution in [1.29, 1.82) is 5.41 Å². The third-order valence-corrected chi connectivity index (χ3v) is 0.942. The topological polar surface area (TPSA) is 47.9 Å². The Balaban J connectivity index is 0.000000490. The zero-order chi connectivity index (χ0) is 5.11. The number of amidine groups is 1. The van der Waals surface area contributed by atoms with E-state index in [2.05, 4.69) is 10.6 Å². The highest BCUT2D eigenvalue weighted by Gasteiger charge is 1.98. The summed E-state index contributed by atoms with van der Waals surface area (Å²) in [6.45, 7) is 2.60. The van der Waals surface area contributed by atoms with Crippen LogP contribution in [0.5, 0.6) is 0 Å². The molecule has 1 heterocycles. The van der Waals surface area contributed by atoms with Gasteiger partial charge in [-0.2, -0.15) is 0 Å². The number of halogens is 1. The molecule has 0 atom stereocenters. The van der Waals surface area contributed by atoms with E-state index in [0.29, 0.717) is 12.4 Å². The van der Waals surface area contributed by atoms with Gasteiger partial charge in [0, 0.05) is 13.1 Å². The molecule has 0 amide bonds. The van der Waals surface area contributed by atoms with Crippen molar-refractivity contribution in [2.24, 2.45) is 0 Å². The first-order valence-corrected chi connectivity index (χ1v) is 2.41. The Morgan fingerprint density at radius 2 is 2.12 bits per heavy atom. The van der Waals surface area contributed by atoms with Crippen LogP contribution in [0, 0.1) is 5.41 Å². The molecule has 0 bridgehead atoms. The monoisotopic (exact) mass is 135 g/mol. The van der Waals surface area contributed by atoms with Gasteiger partial charge in [-0.25, -0.2) is 0 Å². The van der Waals surface area contributed by atoms with Crippen LogP contribution in [0.15, 0.2) is 0 Å². The van der Waals surface area contributed by atoms with Crippen molar-refractivity contribution in [2.45, 2.75) is 0 Å². The van der Waals surface area contributed by atoms with E-state index in [4.69, 9.17) is 5.41 Å². The maximum Gasteiger partial charge on any atom is 0.107 e. The van der Waals surface area contributed by atoms with Gasteiger partial charge in [0.05, 0.1) is 6.54 Å². The lowest BCUT2D eigenvalue weighted by Gasteiger charge is -2.13. The summed E-state index contributed by atoms with van der Waals surface area (Å²) in [7, 11) is 0. The Bertz CT molecular complexity index is 75.4. The van der Waals surface area contributed by atoms with Crippen molar-refractivity contribution in [3.63, 3.8) is 0 Å². The molecule has 1 saturated heterocycles. The van der Waals surface area contributed by atoms with Crippen LogP contribution >= 0.6 is 12.4 Å². The van der Waals surface area contributed by atoms with Crippen molar-refractivity contribution in [3.05, 3.63) is 0 Å². The summed E-state index contributed by atoms with van der Waals surface area (Å²) >= 11 is 0. The number of piperazine rings is 1. The van der Waals surface area contributed by atoms with Crippen LogP contribution in [-0.4, -0.2) is 25.5 Å². The molecular weight excluding hydrogens is 126 g/mol. The van der Waals surface area contributed by atoms with E-state index in [-0.39, 0.29) is 12.4 Å². The zero-order valence-corrected chi connectivity index (χ0v) is 5.35. The van der Waals surface area contributed by atoms with Gasteiger partial charge >= 0.3 is 0 Å². The molecule has 3 N–H and O–H groups in total. The summed E-state index contributed by atoms with van der Waals surface area (Å²) in [6.07, 6.45) is 0. The first-order valence-electron chi connectivity index (χ1n) is 2.41. The van der Waals surface area contributed by atoms with E-state index in [1.165, 1.54) is 0 Å². The SMILES string of the molecule is Cl.N=C1CNCCN1. The van der Waals surface area contributed by atoms with Gasteiger partial charge in [-0.3, -0.25) is 5.41 Å². The molecule has 0 radical (unpaired) electrons. The van der Waals surface area contributed by atoms with Crippen molar-refractivity contribution in [2.75, 3.05) is 19.6 Å². The molecule has 1 rings (SSSR count). The molecule has 0 aromatic carbocycles. The number of hydrogen-bond acceptors (Lipinski definition) is 2. The largest absolute Gasteiger partial charge is 0.372 e. The molecule has 1 aliphatic heterocycles. The fourth-order valence-electron chi connectivity index (χ4n) is 0.578. The zero-order valence-electron chi connectivity index (χ0n) is 4.53. The van der Waals surface area contributed by atoms with E-state index < -0.39 is 0 Å². The Kier molecular flexibility index (Phi) is 3.56. The number of rotatable bonds is 0. The summed E-state index contributed by atoms with van der Waals surface area (Å²) in [6, 6.07) is 0. The molecule has 0 saturated carbocycles. The molecule has 0 aliphatic carbocycles. The maximum absolute atomic E-state index is 7.02.